The van der Waals surface area contributed by atoms with Crippen LogP contribution in [0.3, 0.4) is 0 Å². The van der Waals surface area contributed by atoms with Gasteiger partial charge in [-0.05, 0) is 17.5 Å². The first-order chi connectivity index (χ1) is 6.74. The average molecular weight is 188 g/mol. The minimum atomic E-state index is -0.00815. The molecule has 0 bridgehead atoms. The van der Waals surface area contributed by atoms with Crippen LogP contribution >= 0.6 is 0 Å². The van der Waals surface area contributed by atoms with Crippen LogP contribution < -0.4 is 11.3 Å². The lowest BCUT2D eigenvalue weighted by molar-refractivity contribution is 0.869. The lowest BCUT2D eigenvalue weighted by atomic mass is 10.1. The molecule has 1 aromatic carbocycles. The van der Waals surface area contributed by atoms with Gasteiger partial charge in [0.05, 0.1) is 5.52 Å². The minimum absolute atomic E-state index is 0.00815. The first kappa shape index (κ1) is 8.97. The van der Waals surface area contributed by atoms with Gasteiger partial charge in [-0.1, -0.05) is 18.2 Å². The van der Waals surface area contributed by atoms with Gasteiger partial charge in [0.25, 0.3) is 5.56 Å². The number of nitrogens with two attached hydrogens (primary N) is 1. The maximum atomic E-state index is 11.7. The van der Waals surface area contributed by atoms with Crippen molar-refractivity contribution in [2.45, 2.75) is 6.54 Å². The molecule has 0 fully saturated rings. The number of benzene rings is 1. The summed E-state index contributed by atoms with van der Waals surface area (Å²) in [6.45, 7) is 0.289. The van der Waals surface area contributed by atoms with E-state index >= 15 is 0 Å². The predicted molar refractivity (Wildman–Crippen MR) is 57.1 cm³/mol. The smallest absolute Gasteiger partial charge is 0.255 e. The van der Waals surface area contributed by atoms with Crippen LogP contribution in [0.25, 0.3) is 10.9 Å². The number of pyridine rings is 1. The summed E-state index contributed by atoms with van der Waals surface area (Å²) in [5, 5.41) is 1.05. The van der Waals surface area contributed by atoms with Crippen LogP contribution in [-0.2, 0) is 13.6 Å². The van der Waals surface area contributed by atoms with Crippen molar-refractivity contribution in [3.8, 4) is 0 Å². The van der Waals surface area contributed by atoms with Crippen LogP contribution in [0.1, 0.15) is 5.56 Å². The van der Waals surface area contributed by atoms with Crippen molar-refractivity contribution in [1.29, 1.82) is 0 Å². The molecular formula is C11H12N2O. The molecule has 0 aliphatic rings. The van der Waals surface area contributed by atoms with E-state index in [0.717, 1.165) is 10.9 Å². The fourth-order valence-electron chi connectivity index (χ4n) is 1.64. The van der Waals surface area contributed by atoms with Gasteiger partial charge in [0, 0.05) is 19.2 Å². The summed E-state index contributed by atoms with van der Waals surface area (Å²) in [4.78, 5) is 11.7. The molecule has 2 aromatic rings. The number of hydrogen-bond acceptors (Lipinski definition) is 2. The molecule has 0 spiro atoms. The van der Waals surface area contributed by atoms with E-state index in [0.29, 0.717) is 5.56 Å². The fourth-order valence-corrected chi connectivity index (χ4v) is 1.64. The molecule has 0 unspecified atom stereocenters. The second kappa shape index (κ2) is 3.27. The van der Waals surface area contributed by atoms with E-state index in [2.05, 4.69) is 0 Å². The normalized spacial score (nSPS) is 10.7. The zero-order chi connectivity index (χ0) is 10.1. The van der Waals surface area contributed by atoms with E-state index in [1.54, 1.807) is 11.6 Å². The summed E-state index contributed by atoms with van der Waals surface area (Å²) in [6, 6.07) is 9.64. The topological polar surface area (TPSA) is 48.0 Å². The van der Waals surface area contributed by atoms with Crippen molar-refractivity contribution >= 4 is 10.9 Å². The molecule has 0 amide bonds. The van der Waals surface area contributed by atoms with E-state index in [1.807, 2.05) is 30.3 Å². The van der Waals surface area contributed by atoms with Gasteiger partial charge in [-0.25, -0.2) is 0 Å². The lowest BCUT2D eigenvalue weighted by Crippen LogP contribution is -2.23. The van der Waals surface area contributed by atoms with Crippen LogP contribution in [0.4, 0.5) is 0 Å². The second-order valence-electron chi connectivity index (χ2n) is 3.30. The molecule has 0 aliphatic heterocycles. The molecule has 0 saturated heterocycles. The molecular weight excluding hydrogens is 176 g/mol. The summed E-state index contributed by atoms with van der Waals surface area (Å²) < 4.78 is 1.64. The Balaban J connectivity index is 2.92. The Labute approximate surface area is 81.8 Å². The molecule has 0 saturated carbocycles. The zero-order valence-corrected chi connectivity index (χ0v) is 8.03. The molecule has 1 aromatic heterocycles. The molecule has 3 nitrogen and oxygen atoms in total. The van der Waals surface area contributed by atoms with Crippen LogP contribution in [0.2, 0.25) is 0 Å². The number of aromatic nitrogens is 1. The van der Waals surface area contributed by atoms with Crippen molar-refractivity contribution in [2.75, 3.05) is 0 Å². The van der Waals surface area contributed by atoms with E-state index in [4.69, 9.17) is 5.73 Å². The summed E-state index contributed by atoms with van der Waals surface area (Å²) >= 11 is 0. The minimum Gasteiger partial charge on any atom is -0.326 e. The Morgan fingerprint density at radius 3 is 2.79 bits per heavy atom. The van der Waals surface area contributed by atoms with Crippen LogP contribution in [0.5, 0.6) is 0 Å². The Hall–Kier alpha value is -1.61. The number of fused-ring (bicyclic) bond motifs is 1. The Morgan fingerprint density at radius 2 is 2.07 bits per heavy atom. The van der Waals surface area contributed by atoms with Gasteiger partial charge < -0.3 is 10.3 Å². The Bertz CT molecular complexity index is 528. The van der Waals surface area contributed by atoms with Crippen molar-refractivity contribution < 1.29 is 0 Å². The van der Waals surface area contributed by atoms with Crippen molar-refractivity contribution in [3.05, 3.63) is 46.2 Å². The fraction of sp³-hybridized carbons (Fsp3) is 0.182. The van der Waals surface area contributed by atoms with E-state index < -0.39 is 0 Å². The zero-order valence-electron chi connectivity index (χ0n) is 8.03. The highest BCUT2D eigenvalue weighted by Gasteiger charge is 2.03. The molecule has 0 atom stereocenters. The third-order valence-electron chi connectivity index (χ3n) is 2.43. The summed E-state index contributed by atoms with van der Waals surface area (Å²) in [5.41, 5.74) is 7.09. The average Bonchev–Trinajstić information content (AvgIpc) is 2.23. The summed E-state index contributed by atoms with van der Waals surface area (Å²) in [6.07, 6.45) is 0. The molecule has 0 radical (unpaired) electrons. The number of hydrogen-bond donors (Lipinski definition) is 1. The third-order valence-corrected chi connectivity index (χ3v) is 2.43. The Kier molecular flexibility index (Phi) is 2.09. The van der Waals surface area contributed by atoms with E-state index in [1.165, 1.54) is 0 Å². The number of rotatable bonds is 1. The third kappa shape index (κ3) is 1.22. The van der Waals surface area contributed by atoms with Crippen molar-refractivity contribution in [2.24, 2.45) is 12.8 Å². The van der Waals surface area contributed by atoms with Gasteiger partial charge in [0.2, 0.25) is 0 Å². The van der Waals surface area contributed by atoms with Crippen LogP contribution in [0.15, 0.2) is 35.1 Å². The highest BCUT2D eigenvalue weighted by atomic mass is 16.1. The van der Waals surface area contributed by atoms with Gasteiger partial charge in [-0.2, -0.15) is 0 Å². The largest absolute Gasteiger partial charge is 0.326 e. The SMILES string of the molecule is Cn1c(=O)c(CN)cc2ccccc21. The number of aryl methyl sites for hydroxylation is 1. The molecule has 1 heterocycles. The molecule has 0 aliphatic carbocycles. The van der Waals surface area contributed by atoms with Crippen LogP contribution in [-0.4, -0.2) is 4.57 Å². The molecule has 14 heavy (non-hydrogen) atoms. The quantitative estimate of drug-likeness (QED) is 0.725. The van der Waals surface area contributed by atoms with Gasteiger partial charge in [0.1, 0.15) is 0 Å². The van der Waals surface area contributed by atoms with Crippen molar-refractivity contribution in [3.63, 3.8) is 0 Å². The maximum absolute atomic E-state index is 11.7. The monoisotopic (exact) mass is 188 g/mol. The lowest BCUT2D eigenvalue weighted by Gasteiger charge is -2.06. The second-order valence-corrected chi connectivity index (χ2v) is 3.30. The highest BCUT2D eigenvalue weighted by Crippen LogP contribution is 2.11. The predicted octanol–water partition coefficient (Wildman–Crippen LogP) is 0.997. The first-order valence-corrected chi connectivity index (χ1v) is 4.52. The van der Waals surface area contributed by atoms with E-state index in [9.17, 15) is 4.79 Å². The van der Waals surface area contributed by atoms with Gasteiger partial charge in [-0.15, -0.1) is 0 Å². The standard InChI is InChI=1S/C11H12N2O/c1-13-10-5-3-2-4-8(10)6-9(7-12)11(13)14/h2-6H,7,12H2,1H3. The Morgan fingerprint density at radius 1 is 1.36 bits per heavy atom. The molecule has 2 N–H and O–H groups in total. The highest BCUT2D eigenvalue weighted by molar-refractivity contribution is 5.79. The van der Waals surface area contributed by atoms with Gasteiger partial charge in [-0.3, -0.25) is 4.79 Å². The molecule has 2 rings (SSSR count). The maximum Gasteiger partial charge on any atom is 0.255 e. The summed E-state index contributed by atoms with van der Waals surface area (Å²) in [7, 11) is 1.77. The number of nitrogens with zero attached hydrogens (tertiary/aromatic N) is 1. The number of para-hydroxylation sites is 1. The molecule has 3 heteroatoms. The van der Waals surface area contributed by atoms with E-state index in [-0.39, 0.29) is 12.1 Å². The summed E-state index contributed by atoms with van der Waals surface area (Å²) in [5.74, 6) is 0. The van der Waals surface area contributed by atoms with Crippen molar-refractivity contribution in [1.82, 2.24) is 4.57 Å². The molecule has 72 valence electrons. The first-order valence-electron chi connectivity index (χ1n) is 4.52. The van der Waals surface area contributed by atoms with Gasteiger partial charge in [0.15, 0.2) is 0 Å². The van der Waals surface area contributed by atoms with Crippen LogP contribution in [0, 0.1) is 0 Å². The van der Waals surface area contributed by atoms with Gasteiger partial charge >= 0.3 is 0 Å².